The Balaban J connectivity index is 1.97. The van der Waals surface area contributed by atoms with Gasteiger partial charge in [-0.3, -0.25) is 0 Å². The number of rotatable bonds is 5. The minimum absolute atomic E-state index is 0.0925. The molecule has 1 atom stereocenters. The fourth-order valence-electron chi connectivity index (χ4n) is 2.45. The van der Waals surface area contributed by atoms with E-state index in [1.807, 2.05) is 36.4 Å². The standard InChI is InChI=1S/C18H18FO3PSe/c1-2-21-23(20)12-11-17(24-16-10-6-9-15(19)13-16)18(22-23)14-7-4-3-5-8-14/h3-10,13H,2,11-12H2,1H3. The molecule has 3 nitrogen and oxygen atoms in total. The molecule has 0 aliphatic carbocycles. The van der Waals surface area contributed by atoms with E-state index in [1.54, 1.807) is 19.1 Å². The van der Waals surface area contributed by atoms with Crippen LogP contribution in [0.4, 0.5) is 4.39 Å². The Bertz CT molecular complexity index is 792. The Hall–Kier alpha value is -1.38. The summed E-state index contributed by atoms with van der Waals surface area (Å²) in [6.45, 7) is 2.16. The molecule has 0 spiro atoms. The van der Waals surface area contributed by atoms with Gasteiger partial charge in [0, 0.05) is 0 Å². The Morgan fingerprint density at radius 3 is 2.71 bits per heavy atom. The van der Waals surface area contributed by atoms with E-state index in [0.29, 0.717) is 24.9 Å². The summed E-state index contributed by atoms with van der Waals surface area (Å²) in [6.07, 6.45) is 1.00. The van der Waals surface area contributed by atoms with Crippen molar-refractivity contribution in [2.24, 2.45) is 0 Å². The maximum absolute atomic E-state index is 13.5. The van der Waals surface area contributed by atoms with Crippen molar-refractivity contribution in [1.82, 2.24) is 0 Å². The third kappa shape index (κ3) is 4.17. The predicted octanol–water partition coefficient (Wildman–Crippen LogP) is 4.17. The van der Waals surface area contributed by atoms with Crippen LogP contribution < -0.4 is 4.46 Å². The van der Waals surface area contributed by atoms with Crippen molar-refractivity contribution in [3.63, 3.8) is 0 Å². The summed E-state index contributed by atoms with van der Waals surface area (Å²) in [6, 6.07) is 16.2. The summed E-state index contributed by atoms with van der Waals surface area (Å²) in [5.41, 5.74) is 0.880. The van der Waals surface area contributed by atoms with E-state index in [4.69, 9.17) is 9.05 Å². The van der Waals surface area contributed by atoms with Gasteiger partial charge in [0.05, 0.1) is 0 Å². The molecule has 2 aromatic carbocycles. The molecule has 6 heteroatoms. The van der Waals surface area contributed by atoms with E-state index in [0.717, 1.165) is 14.5 Å². The normalized spacial score (nSPS) is 20.8. The summed E-state index contributed by atoms with van der Waals surface area (Å²) in [7, 11) is -3.11. The maximum atomic E-state index is 13.5. The SMILES string of the molecule is CCOP1(=O)CCC([Se]c2cccc(F)c2)=C(c2ccccc2)O1. The molecule has 0 N–H and O–H groups in total. The number of hydrogen-bond acceptors (Lipinski definition) is 3. The molecular weight excluding hydrogens is 393 g/mol. The fourth-order valence-corrected chi connectivity index (χ4v) is 6.81. The third-order valence-corrected chi connectivity index (χ3v) is 7.74. The van der Waals surface area contributed by atoms with Gasteiger partial charge >= 0.3 is 147 Å². The summed E-state index contributed by atoms with van der Waals surface area (Å²) in [4.78, 5) is 0. The van der Waals surface area contributed by atoms with Crippen LogP contribution in [0.5, 0.6) is 0 Å². The van der Waals surface area contributed by atoms with E-state index in [1.165, 1.54) is 6.07 Å². The molecule has 0 amide bonds. The average Bonchev–Trinajstić information content (AvgIpc) is 2.58. The molecule has 3 rings (SSSR count). The van der Waals surface area contributed by atoms with Crippen LogP contribution in [-0.2, 0) is 13.6 Å². The summed E-state index contributed by atoms with van der Waals surface area (Å²) in [5, 5.41) is 0. The van der Waals surface area contributed by atoms with Gasteiger partial charge in [0.1, 0.15) is 0 Å². The molecule has 126 valence electrons. The molecule has 0 saturated carbocycles. The molecule has 24 heavy (non-hydrogen) atoms. The van der Waals surface area contributed by atoms with Crippen LogP contribution in [-0.4, -0.2) is 27.7 Å². The van der Waals surface area contributed by atoms with Gasteiger partial charge in [-0.15, -0.1) is 0 Å². The Kier molecular flexibility index (Phi) is 5.57. The third-order valence-electron chi connectivity index (χ3n) is 3.50. The first-order chi connectivity index (χ1) is 11.6. The van der Waals surface area contributed by atoms with E-state index >= 15 is 0 Å². The van der Waals surface area contributed by atoms with Gasteiger partial charge in [-0.1, -0.05) is 0 Å². The van der Waals surface area contributed by atoms with E-state index in [-0.39, 0.29) is 20.8 Å². The van der Waals surface area contributed by atoms with Crippen molar-refractivity contribution in [3.05, 3.63) is 70.4 Å². The molecular formula is C18H18FO3PSe. The Morgan fingerprint density at radius 1 is 1.21 bits per heavy atom. The van der Waals surface area contributed by atoms with E-state index in [9.17, 15) is 8.96 Å². The average molecular weight is 411 g/mol. The van der Waals surface area contributed by atoms with Gasteiger partial charge < -0.3 is 0 Å². The number of halogens is 1. The second kappa shape index (κ2) is 7.67. The molecule has 1 aliphatic rings. The van der Waals surface area contributed by atoms with Crippen molar-refractivity contribution < 1.29 is 18.0 Å². The molecule has 1 heterocycles. The quantitative estimate of drug-likeness (QED) is 0.547. The first-order valence-corrected chi connectivity index (χ1v) is 11.2. The van der Waals surface area contributed by atoms with Crippen molar-refractivity contribution >= 4 is 32.8 Å². The van der Waals surface area contributed by atoms with Crippen LogP contribution in [0.3, 0.4) is 0 Å². The van der Waals surface area contributed by atoms with Crippen molar-refractivity contribution in [2.45, 2.75) is 13.3 Å². The summed E-state index contributed by atoms with van der Waals surface area (Å²) >= 11 is -0.0925. The molecule has 0 aromatic heterocycles. The van der Waals surface area contributed by atoms with Crippen LogP contribution >= 0.6 is 7.60 Å². The topological polar surface area (TPSA) is 35.5 Å². The Labute approximate surface area is 147 Å². The fraction of sp³-hybridized carbons (Fsp3) is 0.222. The zero-order valence-electron chi connectivity index (χ0n) is 13.3. The van der Waals surface area contributed by atoms with Crippen molar-refractivity contribution in [3.8, 4) is 0 Å². The van der Waals surface area contributed by atoms with Crippen LogP contribution in [0.2, 0.25) is 0 Å². The van der Waals surface area contributed by atoms with Crippen molar-refractivity contribution in [1.29, 1.82) is 0 Å². The van der Waals surface area contributed by atoms with Gasteiger partial charge in [0.15, 0.2) is 0 Å². The molecule has 0 fully saturated rings. The molecule has 2 aromatic rings. The van der Waals surface area contributed by atoms with Gasteiger partial charge in [-0.05, 0) is 0 Å². The van der Waals surface area contributed by atoms with Gasteiger partial charge in [-0.25, -0.2) is 0 Å². The van der Waals surface area contributed by atoms with Crippen LogP contribution in [0.1, 0.15) is 18.9 Å². The summed E-state index contributed by atoms with van der Waals surface area (Å²) in [5.74, 6) is 0.385. The molecule has 0 saturated heterocycles. The van der Waals surface area contributed by atoms with Crippen LogP contribution in [0.15, 0.2) is 59.1 Å². The monoisotopic (exact) mass is 412 g/mol. The van der Waals surface area contributed by atoms with Crippen LogP contribution in [0.25, 0.3) is 5.76 Å². The second-order valence-electron chi connectivity index (χ2n) is 5.27. The first kappa shape index (κ1) is 17.4. The minimum atomic E-state index is -3.11. The summed E-state index contributed by atoms with van der Waals surface area (Å²) < 4.78 is 39.4. The number of allylic oxidation sites excluding steroid dienone is 1. The van der Waals surface area contributed by atoms with Crippen molar-refractivity contribution in [2.75, 3.05) is 12.8 Å². The molecule has 1 unspecified atom stereocenters. The number of benzene rings is 2. The number of hydrogen-bond donors (Lipinski definition) is 0. The van der Waals surface area contributed by atoms with E-state index in [2.05, 4.69) is 0 Å². The zero-order chi connectivity index (χ0) is 17.0. The molecule has 1 aliphatic heterocycles. The van der Waals surface area contributed by atoms with Gasteiger partial charge in [0.25, 0.3) is 0 Å². The van der Waals surface area contributed by atoms with Crippen LogP contribution in [0, 0.1) is 5.82 Å². The molecule has 0 bridgehead atoms. The second-order valence-corrected chi connectivity index (χ2v) is 9.83. The van der Waals surface area contributed by atoms with Gasteiger partial charge in [-0.2, -0.15) is 0 Å². The Morgan fingerprint density at radius 2 is 2.00 bits per heavy atom. The van der Waals surface area contributed by atoms with E-state index < -0.39 is 7.60 Å². The van der Waals surface area contributed by atoms with Gasteiger partial charge in [0.2, 0.25) is 0 Å². The first-order valence-electron chi connectivity index (χ1n) is 7.75. The molecule has 0 radical (unpaired) electrons. The zero-order valence-corrected chi connectivity index (χ0v) is 15.9. The predicted molar refractivity (Wildman–Crippen MR) is 95.0 cm³/mol.